The van der Waals surface area contributed by atoms with Gasteiger partial charge < -0.3 is 9.64 Å². The minimum Gasteiger partial charge on any atom is -0.439 e. The Kier molecular flexibility index (Phi) is 5.80. The van der Waals surface area contributed by atoms with Crippen LogP contribution in [0.15, 0.2) is 79.4 Å². The molecule has 0 unspecified atom stereocenters. The summed E-state index contributed by atoms with van der Waals surface area (Å²) in [6.07, 6.45) is 5.02. The maximum atomic E-state index is 13.5. The summed E-state index contributed by atoms with van der Waals surface area (Å²) in [6.45, 7) is 1.28. The van der Waals surface area contributed by atoms with Crippen LogP contribution in [-0.2, 0) is 0 Å². The van der Waals surface area contributed by atoms with Crippen molar-refractivity contribution in [2.45, 2.75) is 18.8 Å². The zero-order valence-corrected chi connectivity index (χ0v) is 17.8. The van der Waals surface area contributed by atoms with Crippen LogP contribution in [0, 0.1) is 5.82 Å². The Hall–Kier alpha value is -4.07. The van der Waals surface area contributed by atoms with Gasteiger partial charge in [0.05, 0.1) is 0 Å². The van der Waals surface area contributed by atoms with Gasteiger partial charge in [-0.3, -0.25) is 9.36 Å². The van der Waals surface area contributed by atoms with Crippen molar-refractivity contribution in [3.63, 3.8) is 0 Å². The number of pyridine rings is 1. The van der Waals surface area contributed by atoms with Crippen LogP contribution >= 0.6 is 0 Å². The van der Waals surface area contributed by atoms with E-state index in [9.17, 15) is 9.18 Å². The Bertz CT molecular complexity index is 1260. The van der Waals surface area contributed by atoms with Gasteiger partial charge in [-0.05, 0) is 49.2 Å². The van der Waals surface area contributed by atoms with Gasteiger partial charge in [-0.15, -0.1) is 10.2 Å². The van der Waals surface area contributed by atoms with E-state index in [1.165, 1.54) is 12.1 Å². The van der Waals surface area contributed by atoms with Gasteiger partial charge in [-0.1, -0.05) is 18.2 Å². The van der Waals surface area contributed by atoms with Crippen molar-refractivity contribution < 1.29 is 13.9 Å². The first-order valence-electron chi connectivity index (χ1n) is 10.8. The largest absolute Gasteiger partial charge is 0.439 e. The standard InChI is InChI=1S/C25H22FN5O2/c26-20-7-2-9-22(14-20)33-24-11-3-10-23(29-24)19-6-4-12-30(15-19)25(32)18-5-1-8-21(13-18)31-16-27-28-17-31/h1-3,5,7-11,13-14,16-17,19H,4,6,12,15H2/t19-/m1/s1. The molecule has 33 heavy (non-hydrogen) atoms. The molecule has 1 saturated heterocycles. The summed E-state index contributed by atoms with van der Waals surface area (Å²) in [4.78, 5) is 19.8. The smallest absolute Gasteiger partial charge is 0.253 e. The van der Waals surface area contributed by atoms with Crippen LogP contribution in [0.4, 0.5) is 4.39 Å². The minimum atomic E-state index is -0.363. The van der Waals surface area contributed by atoms with Crippen molar-refractivity contribution in [3.05, 3.63) is 96.5 Å². The van der Waals surface area contributed by atoms with Crippen molar-refractivity contribution in [1.82, 2.24) is 24.6 Å². The Balaban J connectivity index is 1.31. The second-order valence-corrected chi connectivity index (χ2v) is 7.97. The molecule has 0 saturated carbocycles. The summed E-state index contributed by atoms with van der Waals surface area (Å²) in [6, 6.07) is 19.0. The molecule has 0 aliphatic carbocycles. The molecule has 1 atom stereocenters. The number of amides is 1. The first kappa shape index (κ1) is 20.8. The van der Waals surface area contributed by atoms with E-state index >= 15 is 0 Å². The molecule has 0 spiro atoms. The summed E-state index contributed by atoms with van der Waals surface area (Å²) < 4.78 is 21.0. The van der Waals surface area contributed by atoms with Gasteiger partial charge >= 0.3 is 0 Å². The van der Waals surface area contributed by atoms with Crippen LogP contribution in [0.2, 0.25) is 0 Å². The number of hydrogen-bond donors (Lipinski definition) is 0. The molecule has 0 N–H and O–H groups in total. The second-order valence-electron chi connectivity index (χ2n) is 7.97. The average molecular weight is 443 g/mol. The molecule has 0 radical (unpaired) electrons. The van der Waals surface area contributed by atoms with Gasteiger partial charge in [0, 0.05) is 48.1 Å². The van der Waals surface area contributed by atoms with E-state index in [2.05, 4.69) is 15.2 Å². The number of hydrogen-bond acceptors (Lipinski definition) is 5. The molecule has 8 heteroatoms. The number of rotatable bonds is 5. The lowest BCUT2D eigenvalue weighted by molar-refractivity contribution is 0.0706. The molecule has 1 fully saturated rings. The molecule has 5 rings (SSSR count). The maximum Gasteiger partial charge on any atom is 0.253 e. The van der Waals surface area contributed by atoms with Crippen LogP contribution in [0.5, 0.6) is 11.6 Å². The second kappa shape index (κ2) is 9.20. The van der Waals surface area contributed by atoms with Gasteiger partial charge in [0.15, 0.2) is 0 Å². The fourth-order valence-corrected chi connectivity index (χ4v) is 4.09. The molecular weight excluding hydrogens is 421 g/mol. The zero-order chi connectivity index (χ0) is 22.6. The van der Waals surface area contributed by atoms with Crippen molar-refractivity contribution in [1.29, 1.82) is 0 Å². The Morgan fingerprint density at radius 3 is 2.67 bits per heavy atom. The molecule has 1 aliphatic rings. The monoisotopic (exact) mass is 443 g/mol. The number of nitrogens with zero attached hydrogens (tertiary/aromatic N) is 5. The highest BCUT2D eigenvalue weighted by Gasteiger charge is 2.26. The maximum absolute atomic E-state index is 13.5. The molecule has 1 aliphatic heterocycles. The van der Waals surface area contributed by atoms with E-state index in [-0.39, 0.29) is 17.6 Å². The highest BCUT2D eigenvalue weighted by Crippen LogP contribution is 2.29. The number of aromatic nitrogens is 4. The summed E-state index contributed by atoms with van der Waals surface area (Å²) in [5.41, 5.74) is 2.32. The zero-order valence-electron chi connectivity index (χ0n) is 17.8. The Labute approximate surface area is 190 Å². The topological polar surface area (TPSA) is 73.1 Å². The van der Waals surface area contributed by atoms with Crippen molar-refractivity contribution in [3.8, 4) is 17.3 Å². The van der Waals surface area contributed by atoms with E-state index in [0.29, 0.717) is 30.3 Å². The number of halogens is 1. The normalized spacial score (nSPS) is 15.9. The lowest BCUT2D eigenvalue weighted by Crippen LogP contribution is -2.39. The van der Waals surface area contributed by atoms with E-state index in [4.69, 9.17) is 4.74 Å². The van der Waals surface area contributed by atoms with E-state index in [1.807, 2.05) is 41.3 Å². The Morgan fingerprint density at radius 2 is 1.82 bits per heavy atom. The summed E-state index contributed by atoms with van der Waals surface area (Å²) in [7, 11) is 0. The summed E-state index contributed by atoms with van der Waals surface area (Å²) in [5.74, 6) is 0.524. The third-order valence-electron chi connectivity index (χ3n) is 5.70. The van der Waals surface area contributed by atoms with Crippen molar-refractivity contribution >= 4 is 5.91 Å². The van der Waals surface area contributed by atoms with Crippen LogP contribution in [-0.4, -0.2) is 43.6 Å². The number of carbonyl (C=O) groups excluding carboxylic acids is 1. The van der Waals surface area contributed by atoms with Gasteiger partial charge in [0.25, 0.3) is 5.91 Å². The van der Waals surface area contributed by atoms with E-state index in [0.717, 1.165) is 24.2 Å². The van der Waals surface area contributed by atoms with Gasteiger partial charge in [-0.25, -0.2) is 9.37 Å². The highest BCUT2D eigenvalue weighted by molar-refractivity contribution is 5.94. The van der Waals surface area contributed by atoms with E-state index < -0.39 is 0 Å². The van der Waals surface area contributed by atoms with Crippen LogP contribution in [0.3, 0.4) is 0 Å². The fraction of sp³-hybridized carbons (Fsp3) is 0.200. The highest BCUT2D eigenvalue weighted by atomic mass is 19.1. The number of carbonyl (C=O) groups is 1. The molecule has 7 nitrogen and oxygen atoms in total. The predicted octanol–water partition coefficient (Wildman–Crippen LogP) is 4.61. The minimum absolute atomic E-state index is 0.0122. The molecule has 166 valence electrons. The molecule has 2 aromatic heterocycles. The molecule has 2 aromatic carbocycles. The first-order valence-corrected chi connectivity index (χ1v) is 10.8. The lowest BCUT2D eigenvalue weighted by atomic mass is 9.93. The van der Waals surface area contributed by atoms with Crippen molar-refractivity contribution in [2.24, 2.45) is 0 Å². The lowest BCUT2D eigenvalue weighted by Gasteiger charge is -2.32. The number of ether oxygens (including phenoxy) is 1. The quantitative estimate of drug-likeness (QED) is 0.450. The average Bonchev–Trinajstić information content (AvgIpc) is 3.39. The van der Waals surface area contributed by atoms with Gasteiger partial charge in [0.1, 0.15) is 24.2 Å². The van der Waals surface area contributed by atoms with Crippen LogP contribution in [0.25, 0.3) is 5.69 Å². The molecular formula is C25H22FN5O2. The van der Waals surface area contributed by atoms with Crippen LogP contribution in [0.1, 0.15) is 34.8 Å². The summed E-state index contributed by atoms with van der Waals surface area (Å²) >= 11 is 0. The molecule has 3 heterocycles. The SMILES string of the molecule is O=C(c1cccc(-n2cnnc2)c1)N1CCC[C@@H](c2cccc(Oc3cccc(F)c3)n2)C1. The molecule has 1 amide bonds. The third kappa shape index (κ3) is 4.74. The van der Waals surface area contributed by atoms with Crippen LogP contribution < -0.4 is 4.74 Å². The third-order valence-corrected chi connectivity index (χ3v) is 5.70. The fourth-order valence-electron chi connectivity index (χ4n) is 4.09. The summed E-state index contributed by atoms with van der Waals surface area (Å²) in [5, 5.41) is 7.65. The number of likely N-dealkylation sites (tertiary alicyclic amines) is 1. The Morgan fingerprint density at radius 1 is 1.00 bits per heavy atom. The molecule has 0 bridgehead atoms. The van der Waals surface area contributed by atoms with Crippen molar-refractivity contribution in [2.75, 3.05) is 13.1 Å². The predicted molar refractivity (Wildman–Crippen MR) is 120 cm³/mol. The first-order chi connectivity index (χ1) is 16.2. The van der Waals surface area contributed by atoms with Gasteiger partial charge in [-0.2, -0.15) is 0 Å². The van der Waals surface area contributed by atoms with E-state index in [1.54, 1.807) is 35.4 Å². The number of benzene rings is 2. The number of piperidine rings is 1. The van der Waals surface area contributed by atoms with Gasteiger partial charge in [0.2, 0.25) is 5.88 Å². The molecule has 4 aromatic rings.